The number of benzene rings is 8. The van der Waals surface area contributed by atoms with Gasteiger partial charge in [-0.05, 0) is 103 Å². The van der Waals surface area contributed by atoms with Gasteiger partial charge in [-0.1, -0.05) is 197 Å². The zero-order chi connectivity index (χ0) is 40.6. The third-order valence-corrected chi connectivity index (χ3v) is 13.3. The molecule has 0 fully saturated rings. The summed E-state index contributed by atoms with van der Waals surface area (Å²) in [6.07, 6.45) is 6.10. The normalized spacial score (nSPS) is 17.9. The van der Waals surface area contributed by atoms with Crippen LogP contribution in [0.5, 0.6) is 0 Å². The molecule has 2 aliphatic carbocycles. The van der Waals surface area contributed by atoms with Crippen molar-refractivity contribution in [2.75, 3.05) is 0 Å². The lowest BCUT2D eigenvalue weighted by molar-refractivity contribution is 0.0919. The first-order valence-electron chi connectivity index (χ1n) is 18.3. The van der Waals surface area contributed by atoms with Gasteiger partial charge in [0.2, 0.25) is 0 Å². The maximum Gasteiger partial charge on any atom is 0.186 e. The maximum absolute atomic E-state index is 12.2. The van der Waals surface area contributed by atoms with Gasteiger partial charge >= 0.3 is 0 Å². The Balaban J connectivity index is 0.000000158. The molecule has 58 heavy (non-hydrogen) atoms. The fourth-order valence-electron chi connectivity index (χ4n) is 7.70. The van der Waals surface area contributed by atoms with Crippen LogP contribution >= 0.6 is 63.7 Å². The highest BCUT2D eigenvalue weighted by molar-refractivity contribution is 9.11. The topological polar surface area (TPSA) is 74.6 Å². The molecule has 10 rings (SSSR count). The van der Waals surface area contributed by atoms with Crippen molar-refractivity contribution in [3.63, 3.8) is 0 Å². The second-order valence-electron chi connectivity index (χ2n) is 13.9. The van der Waals surface area contributed by atoms with E-state index in [4.69, 9.17) is 0 Å². The summed E-state index contributed by atoms with van der Waals surface area (Å²) in [5, 5.41) is 30.9. The molecule has 0 aromatic heterocycles. The van der Waals surface area contributed by atoms with E-state index in [1.165, 1.54) is 22.9 Å². The molecule has 0 spiro atoms. The number of ketones is 2. The summed E-state index contributed by atoms with van der Waals surface area (Å²) in [6, 6.07) is 50.7. The highest BCUT2D eigenvalue weighted by Crippen LogP contribution is 2.49. The first-order chi connectivity index (χ1) is 28.0. The molecule has 0 saturated carbocycles. The van der Waals surface area contributed by atoms with Crippen molar-refractivity contribution in [1.29, 1.82) is 0 Å². The van der Waals surface area contributed by atoms with Crippen LogP contribution in [-0.2, 0) is 11.2 Å². The second-order valence-corrected chi connectivity index (χ2v) is 17.3. The van der Waals surface area contributed by atoms with Crippen LogP contribution in [0.2, 0.25) is 0 Å². The van der Waals surface area contributed by atoms with Crippen molar-refractivity contribution in [2.24, 2.45) is 0 Å². The summed E-state index contributed by atoms with van der Waals surface area (Å²) < 4.78 is 4.23. The average Bonchev–Trinajstić information content (AvgIpc) is 3.26. The first kappa shape index (κ1) is 40.0. The summed E-state index contributed by atoms with van der Waals surface area (Å²) in [7, 11) is 0. The molecule has 2 N–H and O–H groups in total. The summed E-state index contributed by atoms with van der Waals surface area (Å²) >= 11 is 14.3. The summed E-state index contributed by atoms with van der Waals surface area (Å²) in [5.74, 6) is -0.185. The molecule has 0 aliphatic heterocycles. The van der Waals surface area contributed by atoms with Crippen molar-refractivity contribution >= 4 is 108 Å². The van der Waals surface area contributed by atoms with Crippen molar-refractivity contribution < 1.29 is 19.8 Å². The van der Waals surface area contributed by atoms with Crippen LogP contribution in [0.25, 0.3) is 32.3 Å². The number of aliphatic hydroxyl groups is 2. The van der Waals surface area contributed by atoms with Crippen LogP contribution in [0.15, 0.2) is 200 Å². The first-order valence-corrected chi connectivity index (χ1v) is 21.5. The Morgan fingerprint density at radius 3 is 0.966 bits per heavy atom. The zero-order valence-electron chi connectivity index (χ0n) is 30.5. The minimum Gasteiger partial charge on any atom is -0.377 e. The van der Waals surface area contributed by atoms with Crippen LogP contribution in [0.3, 0.4) is 0 Å². The van der Waals surface area contributed by atoms with Gasteiger partial charge in [0.15, 0.2) is 11.6 Å². The molecule has 0 unspecified atom stereocenters. The molecule has 2 aliphatic rings. The molecule has 8 aromatic rings. The van der Waals surface area contributed by atoms with Crippen molar-refractivity contribution in [2.45, 2.75) is 11.2 Å². The molecule has 0 bridgehead atoms. The van der Waals surface area contributed by atoms with E-state index in [9.17, 15) is 19.8 Å². The Labute approximate surface area is 369 Å². The average molecular weight is 1020 g/mol. The number of allylic oxidation sites excluding steroid dienone is 2. The summed E-state index contributed by atoms with van der Waals surface area (Å²) in [6.45, 7) is 0. The van der Waals surface area contributed by atoms with Crippen LogP contribution in [0.4, 0.5) is 0 Å². The van der Waals surface area contributed by atoms with E-state index >= 15 is 0 Å². The number of carbonyl (C=O) groups is 2. The van der Waals surface area contributed by atoms with Crippen LogP contribution < -0.4 is 0 Å². The molecule has 284 valence electrons. The number of rotatable bonds is 2. The van der Waals surface area contributed by atoms with E-state index < -0.39 is 11.2 Å². The molecule has 0 heterocycles. The van der Waals surface area contributed by atoms with Crippen LogP contribution in [0.1, 0.15) is 43.0 Å². The smallest absolute Gasteiger partial charge is 0.186 e. The minimum absolute atomic E-state index is 0.0924. The van der Waals surface area contributed by atoms with Crippen molar-refractivity contribution in [3.05, 3.63) is 233 Å². The van der Waals surface area contributed by atoms with Gasteiger partial charge in [-0.3, -0.25) is 9.59 Å². The highest BCUT2D eigenvalue weighted by atomic mass is 79.9. The van der Waals surface area contributed by atoms with Gasteiger partial charge in [0.05, 0.1) is 0 Å². The molecule has 0 saturated heterocycles. The van der Waals surface area contributed by atoms with Crippen LogP contribution in [-0.4, -0.2) is 21.8 Å². The Morgan fingerprint density at radius 2 is 0.603 bits per heavy atom. The predicted molar refractivity (Wildman–Crippen MR) is 248 cm³/mol. The number of halogens is 4. The van der Waals surface area contributed by atoms with Gasteiger partial charge in [-0.2, -0.15) is 0 Å². The Morgan fingerprint density at radius 1 is 0.328 bits per heavy atom. The number of hydrogen-bond acceptors (Lipinski definition) is 4. The van der Waals surface area contributed by atoms with Gasteiger partial charge in [0.1, 0.15) is 11.2 Å². The third kappa shape index (κ3) is 7.27. The maximum atomic E-state index is 12.2. The second kappa shape index (κ2) is 16.5. The standard InChI is InChI=1S/C30H20Br2O2.C10H6Br2.C10H6O2/c31-27-15-13-23(19-7-1-3-9-21(19)27)29(33)17-18-30(34,26-12-6-5-11-25(26)29)24-14-16-28(32)22-10-4-2-8-20(22)24;2*11-9-5-6-10(12)8-4-2-1-3-7(8)9/h1-18,33-34H;2*1-6H/t29-,30+;;. The van der Waals surface area contributed by atoms with E-state index in [1.807, 2.05) is 121 Å². The van der Waals surface area contributed by atoms with Gasteiger partial charge < -0.3 is 10.2 Å². The Hall–Kier alpha value is -4.80. The fraction of sp³-hybridized carbons (Fsp3) is 0.0400. The summed E-state index contributed by atoms with van der Waals surface area (Å²) in [4.78, 5) is 22.4. The number of hydrogen-bond donors (Lipinski definition) is 2. The van der Waals surface area contributed by atoms with E-state index in [-0.39, 0.29) is 11.6 Å². The van der Waals surface area contributed by atoms with Crippen molar-refractivity contribution in [3.8, 4) is 0 Å². The SMILES string of the molecule is Brc1ccc(Br)c2ccccc12.O=C1C=CC(=O)c2ccccc21.O[C@]1(c2ccc(Br)c3ccccc23)C=C[C@@](O)(c2ccc(Br)c3ccccc23)c2ccccc21. The molecule has 0 radical (unpaired) electrons. The molecule has 0 amide bonds. The minimum atomic E-state index is -1.39. The molecule has 2 atom stereocenters. The van der Waals surface area contributed by atoms with Gasteiger partial charge in [0, 0.05) is 29.0 Å². The van der Waals surface area contributed by atoms with E-state index in [0.29, 0.717) is 22.3 Å². The predicted octanol–water partition coefficient (Wildman–Crippen LogP) is 13.5. The number of fused-ring (bicyclic) bond motifs is 5. The van der Waals surface area contributed by atoms with Crippen LogP contribution in [0, 0.1) is 0 Å². The van der Waals surface area contributed by atoms with Gasteiger partial charge in [-0.25, -0.2) is 0 Å². The lowest BCUT2D eigenvalue weighted by Crippen LogP contribution is -2.38. The molecule has 8 aromatic carbocycles. The lowest BCUT2D eigenvalue weighted by atomic mass is 9.70. The quantitative estimate of drug-likeness (QED) is 0.169. The number of carbonyl (C=O) groups excluding carboxylic acids is 2. The van der Waals surface area contributed by atoms with Gasteiger partial charge in [0.25, 0.3) is 0 Å². The summed E-state index contributed by atoms with van der Waals surface area (Å²) in [5.41, 5.74) is 1.10. The fourth-order valence-corrected chi connectivity index (χ4v) is 9.61. The molecular weight excluding hydrogens is 984 g/mol. The van der Waals surface area contributed by atoms with E-state index in [0.717, 1.165) is 50.6 Å². The van der Waals surface area contributed by atoms with Crippen molar-refractivity contribution in [1.82, 2.24) is 0 Å². The zero-order valence-corrected chi connectivity index (χ0v) is 36.9. The largest absolute Gasteiger partial charge is 0.377 e. The highest BCUT2D eigenvalue weighted by Gasteiger charge is 2.44. The molecule has 8 heteroatoms. The molecular formula is C50H32Br4O4. The monoisotopic (exact) mass is 1010 g/mol. The van der Waals surface area contributed by atoms with E-state index in [1.54, 1.807) is 36.4 Å². The Bertz CT molecular complexity index is 2790. The Kier molecular flexibility index (Phi) is 11.3. The third-order valence-electron chi connectivity index (χ3n) is 10.5. The van der Waals surface area contributed by atoms with E-state index in [2.05, 4.69) is 75.9 Å². The van der Waals surface area contributed by atoms with Gasteiger partial charge in [-0.15, -0.1) is 0 Å². The molecule has 4 nitrogen and oxygen atoms in total. The lowest BCUT2D eigenvalue weighted by Gasteiger charge is -2.40.